The van der Waals surface area contributed by atoms with Crippen molar-refractivity contribution in [3.05, 3.63) is 52.7 Å². The summed E-state index contributed by atoms with van der Waals surface area (Å²) in [5.74, 6) is 1.79. The predicted octanol–water partition coefficient (Wildman–Crippen LogP) is 4.56. The van der Waals surface area contributed by atoms with Crippen LogP contribution < -0.4 is 20.7 Å². The fourth-order valence-electron chi connectivity index (χ4n) is 6.73. The zero-order valence-corrected chi connectivity index (χ0v) is 21.3. The van der Waals surface area contributed by atoms with Crippen molar-refractivity contribution in [1.29, 1.82) is 5.26 Å². The van der Waals surface area contributed by atoms with Gasteiger partial charge in [-0.25, -0.2) is 18.7 Å². The Kier molecular flexibility index (Phi) is 5.01. The number of pyridine rings is 2. The van der Waals surface area contributed by atoms with Gasteiger partial charge in [-0.1, -0.05) is 12.0 Å². The minimum Gasteiger partial charge on any atom is -0.472 e. The van der Waals surface area contributed by atoms with Crippen molar-refractivity contribution in [3.63, 3.8) is 0 Å². The van der Waals surface area contributed by atoms with Crippen molar-refractivity contribution in [2.24, 2.45) is 0 Å². The van der Waals surface area contributed by atoms with E-state index in [9.17, 15) is 9.65 Å². The van der Waals surface area contributed by atoms with Crippen molar-refractivity contribution in [2.75, 3.05) is 17.2 Å². The molecule has 39 heavy (non-hydrogen) atoms. The summed E-state index contributed by atoms with van der Waals surface area (Å²) >= 11 is 0. The van der Waals surface area contributed by atoms with Gasteiger partial charge in [0.2, 0.25) is 5.88 Å². The van der Waals surface area contributed by atoms with E-state index < -0.39 is 11.6 Å². The number of ether oxygens (including phenoxy) is 1. The topological polar surface area (TPSA) is 100 Å². The summed E-state index contributed by atoms with van der Waals surface area (Å²) in [7, 11) is 0. The van der Waals surface area contributed by atoms with E-state index in [4.69, 9.17) is 26.9 Å². The Balaban J connectivity index is 1.60. The molecule has 2 aromatic carbocycles. The van der Waals surface area contributed by atoms with E-state index in [1.807, 2.05) is 6.92 Å². The number of nitrogens with zero attached hydrogens (tertiary/aromatic N) is 4. The van der Waals surface area contributed by atoms with E-state index in [1.165, 1.54) is 12.1 Å². The van der Waals surface area contributed by atoms with E-state index in [-0.39, 0.29) is 51.8 Å². The van der Waals surface area contributed by atoms with E-state index in [1.54, 1.807) is 19.1 Å². The first-order valence-electron chi connectivity index (χ1n) is 12.9. The zero-order valence-electron chi connectivity index (χ0n) is 21.3. The Morgan fingerprint density at radius 3 is 2.74 bits per heavy atom. The first-order valence-corrected chi connectivity index (χ1v) is 12.9. The highest BCUT2D eigenvalue weighted by Crippen LogP contribution is 2.46. The minimum atomic E-state index is -0.732. The number of hydrogen-bond acceptors (Lipinski definition) is 7. The number of hydrogen-bond donors (Lipinski definition) is 2. The number of aromatic nitrogens is 2. The molecular weight excluding hydrogens is 498 g/mol. The van der Waals surface area contributed by atoms with Crippen LogP contribution in [0.25, 0.3) is 32.8 Å². The van der Waals surface area contributed by atoms with E-state index in [0.717, 1.165) is 12.8 Å². The lowest BCUT2D eigenvalue weighted by Crippen LogP contribution is -2.62. The smallest absolute Gasteiger partial charge is 0.226 e. The van der Waals surface area contributed by atoms with E-state index in [2.05, 4.69) is 22.2 Å². The molecule has 0 aliphatic carbocycles. The second-order valence-corrected chi connectivity index (χ2v) is 10.6. The zero-order chi connectivity index (χ0) is 27.2. The van der Waals surface area contributed by atoms with Crippen LogP contribution in [0.2, 0.25) is 0 Å². The molecule has 0 unspecified atom stereocenters. The second kappa shape index (κ2) is 8.26. The van der Waals surface area contributed by atoms with Crippen LogP contribution in [-0.4, -0.2) is 40.7 Å². The van der Waals surface area contributed by atoms with Gasteiger partial charge in [0.15, 0.2) is 5.82 Å². The van der Waals surface area contributed by atoms with Crippen LogP contribution in [0.15, 0.2) is 24.3 Å². The summed E-state index contributed by atoms with van der Waals surface area (Å²) in [5.41, 5.74) is 7.14. The van der Waals surface area contributed by atoms with Gasteiger partial charge in [-0.3, -0.25) is 0 Å². The molecule has 194 valence electrons. The van der Waals surface area contributed by atoms with E-state index in [0.29, 0.717) is 45.9 Å². The van der Waals surface area contributed by atoms with Crippen LogP contribution >= 0.6 is 0 Å². The van der Waals surface area contributed by atoms with Gasteiger partial charge in [0.1, 0.15) is 29.5 Å². The molecule has 0 spiro atoms. The van der Waals surface area contributed by atoms with Crippen LogP contribution in [0.5, 0.6) is 5.88 Å². The van der Waals surface area contributed by atoms with Gasteiger partial charge in [-0.2, -0.15) is 5.26 Å². The van der Waals surface area contributed by atoms with Crippen LogP contribution in [0.1, 0.15) is 36.6 Å². The number of aryl methyl sites for hydroxylation is 1. The summed E-state index contributed by atoms with van der Waals surface area (Å²) in [5, 5.41) is 15.1. The fraction of sp³-hybridized carbons (Fsp3) is 0.300. The van der Waals surface area contributed by atoms with E-state index >= 15 is 4.39 Å². The Bertz CT molecular complexity index is 1820. The monoisotopic (exact) mass is 522 g/mol. The average molecular weight is 523 g/mol. The van der Waals surface area contributed by atoms with Gasteiger partial charge < -0.3 is 20.7 Å². The van der Waals surface area contributed by atoms with Gasteiger partial charge in [-0.05, 0) is 50.3 Å². The third-order valence-electron chi connectivity index (χ3n) is 8.33. The number of piperazine rings is 1. The molecule has 2 bridgehead atoms. The maximum atomic E-state index is 16.8. The summed E-state index contributed by atoms with van der Waals surface area (Å²) < 4.78 is 38.1. The summed E-state index contributed by atoms with van der Waals surface area (Å²) in [6, 6.07) is 8.55. The summed E-state index contributed by atoms with van der Waals surface area (Å²) in [6.07, 6.45) is 7.42. The Morgan fingerprint density at radius 1 is 1.15 bits per heavy atom. The largest absolute Gasteiger partial charge is 0.472 e. The van der Waals surface area contributed by atoms with Crippen molar-refractivity contribution >= 4 is 33.1 Å². The van der Waals surface area contributed by atoms with Crippen molar-refractivity contribution in [2.45, 2.75) is 50.9 Å². The highest BCUT2D eigenvalue weighted by molar-refractivity contribution is 6.07. The van der Waals surface area contributed by atoms with Crippen LogP contribution in [0.4, 0.5) is 20.3 Å². The van der Waals surface area contributed by atoms with Crippen molar-refractivity contribution in [3.8, 4) is 35.6 Å². The third-order valence-corrected chi connectivity index (χ3v) is 8.33. The van der Waals surface area contributed by atoms with Gasteiger partial charge in [0, 0.05) is 40.7 Å². The maximum absolute atomic E-state index is 16.8. The summed E-state index contributed by atoms with van der Waals surface area (Å²) in [6.45, 7) is 4.37. The number of fused-ring (bicyclic) bond motifs is 6. The Labute approximate surface area is 223 Å². The molecule has 2 aromatic heterocycles. The average Bonchev–Trinajstić information content (AvgIpc) is 3.24. The molecule has 3 aliphatic rings. The number of benzene rings is 2. The maximum Gasteiger partial charge on any atom is 0.226 e. The van der Waals surface area contributed by atoms with Crippen molar-refractivity contribution < 1.29 is 13.5 Å². The number of halogens is 2. The third kappa shape index (κ3) is 3.23. The molecular formula is C30H24F2N6O. The van der Waals surface area contributed by atoms with Gasteiger partial charge in [0.25, 0.3) is 0 Å². The molecule has 2 fully saturated rings. The number of nitrogen functional groups attached to an aromatic ring is 1. The highest BCUT2D eigenvalue weighted by Gasteiger charge is 2.47. The molecule has 3 N–H and O–H groups in total. The molecule has 7 rings (SSSR count). The lowest BCUT2D eigenvalue weighted by molar-refractivity contribution is 0.155. The lowest BCUT2D eigenvalue weighted by atomic mass is 9.94. The number of nitriles is 1. The van der Waals surface area contributed by atoms with Crippen LogP contribution in [0, 0.1) is 42.2 Å². The van der Waals surface area contributed by atoms with Crippen LogP contribution in [0.3, 0.4) is 0 Å². The molecule has 4 atom stereocenters. The van der Waals surface area contributed by atoms with Gasteiger partial charge >= 0.3 is 0 Å². The molecule has 7 nitrogen and oxygen atoms in total. The second-order valence-electron chi connectivity index (χ2n) is 10.6. The molecule has 9 heteroatoms. The fourth-order valence-corrected chi connectivity index (χ4v) is 6.73. The SMILES string of the molecule is C#Cc1c(F)ccc2cc(N)cc(-c3nc4c5c(nc(C)c(C#N)c5c3F)N3C[C@H]5CC[C@H](N5)[C@H]3[C@H](C)O4)c12. The molecule has 0 amide bonds. The first kappa shape index (κ1) is 23.6. The molecule has 2 saturated heterocycles. The molecule has 0 radical (unpaired) electrons. The Morgan fingerprint density at radius 2 is 1.97 bits per heavy atom. The van der Waals surface area contributed by atoms with Crippen molar-refractivity contribution in [1.82, 2.24) is 15.3 Å². The quantitative estimate of drug-likeness (QED) is 0.279. The normalized spacial score (nSPS) is 23.2. The molecule has 5 heterocycles. The molecule has 4 aromatic rings. The molecule has 0 saturated carbocycles. The number of nitrogens with one attached hydrogen (secondary N) is 1. The number of terminal acetylenes is 1. The number of nitrogens with two attached hydrogens (primary N) is 1. The standard InChI is InChI=1S/C30H24F2N6O/c1-4-18-21(31)7-5-15-9-16(34)10-19(23(15)18)27-26(32)24-20(11-33)13(2)35-29-25(24)30(37-27)39-14(3)28-22-8-6-17(36-22)12-38(28)29/h1,5,7,9-10,14,17,22,28,36H,6,8,12,34H2,2-3H3/t14-,17+,22-,28+/m0/s1. The highest BCUT2D eigenvalue weighted by atomic mass is 19.1. The number of rotatable bonds is 1. The lowest BCUT2D eigenvalue weighted by Gasteiger charge is -2.43. The Hall–Kier alpha value is -4.47. The first-order chi connectivity index (χ1) is 18.8. The number of anilines is 2. The minimum absolute atomic E-state index is 0.0183. The predicted molar refractivity (Wildman–Crippen MR) is 145 cm³/mol. The summed E-state index contributed by atoms with van der Waals surface area (Å²) in [4.78, 5) is 11.7. The van der Waals surface area contributed by atoms with Crippen LogP contribution in [-0.2, 0) is 0 Å². The van der Waals surface area contributed by atoms with Gasteiger partial charge in [0.05, 0.1) is 28.2 Å². The van der Waals surface area contributed by atoms with Gasteiger partial charge in [-0.15, -0.1) is 6.42 Å². The molecule has 3 aliphatic heterocycles.